The van der Waals surface area contributed by atoms with E-state index in [1.165, 1.54) is 4.90 Å². The Morgan fingerprint density at radius 3 is 2.83 bits per heavy atom. The van der Waals surface area contributed by atoms with Gasteiger partial charge >= 0.3 is 6.09 Å². The Balaban J connectivity index is 2.05. The van der Waals surface area contributed by atoms with E-state index in [1.807, 2.05) is 6.92 Å². The average Bonchev–Trinajstić information content (AvgIpc) is 2.88. The Bertz CT molecular complexity index is 598. The molecule has 4 N–H and O–H groups in total. The first kappa shape index (κ1) is 17.2. The summed E-state index contributed by atoms with van der Waals surface area (Å²) in [6, 6.07) is -0.176. The number of carboxylic acid groups (broad SMARTS) is 1. The van der Waals surface area contributed by atoms with Crippen molar-refractivity contribution in [2.45, 2.75) is 45.4 Å². The van der Waals surface area contributed by atoms with Crippen LogP contribution < -0.4 is 5.32 Å². The first-order valence-electron chi connectivity index (χ1n) is 7.34. The van der Waals surface area contributed by atoms with Crippen molar-refractivity contribution in [3.63, 3.8) is 0 Å². The van der Waals surface area contributed by atoms with E-state index in [2.05, 4.69) is 15.5 Å². The van der Waals surface area contributed by atoms with Crippen molar-refractivity contribution in [2.24, 2.45) is 0 Å². The summed E-state index contributed by atoms with van der Waals surface area (Å²) in [6.07, 6.45) is -0.542. The molecule has 1 atom stereocenters. The Morgan fingerprint density at radius 1 is 1.52 bits per heavy atom. The fourth-order valence-corrected chi connectivity index (χ4v) is 2.34. The van der Waals surface area contributed by atoms with Crippen LogP contribution in [-0.2, 0) is 17.7 Å². The summed E-state index contributed by atoms with van der Waals surface area (Å²) in [5, 5.41) is 27.7. The molecule has 2 heterocycles. The number of carbonyl (C=O) groups excluding carboxylic acids is 1. The summed E-state index contributed by atoms with van der Waals surface area (Å²) in [5.74, 6) is -0.448. The molecule has 1 aromatic rings. The molecule has 0 bridgehead atoms. The third-order valence-electron chi connectivity index (χ3n) is 3.85. The molecular formula is C14H22N4O5. The van der Waals surface area contributed by atoms with Crippen molar-refractivity contribution < 1.29 is 24.5 Å². The molecule has 9 nitrogen and oxygen atoms in total. The van der Waals surface area contributed by atoms with Gasteiger partial charge < -0.3 is 25.2 Å². The molecule has 128 valence electrons. The minimum Gasteiger partial charge on any atom is -0.465 e. The summed E-state index contributed by atoms with van der Waals surface area (Å²) in [5.41, 5.74) is 0.776. The Morgan fingerprint density at radius 2 is 2.22 bits per heavy atom. The van der Waals surface area contributed by atoms with E-state index in [4.69, 9.17) is 9.84 Å². The van der Waals surface area contributed by atoms with Crippen LogP contribution in [-0.4, -0.2) is 62.3 Å². The molecule has 1 aromatic heterocycles. The Kier molecular flexibility index (Phi) is 4.90. The predicted molar refractivity (Wildman–Crippen MR) is 79.9 cm³/mol. The van der Waals surface area contributed by atoms with Crippen LogP contribution >= 0.6 is 0 Å². The van der Waals surface area contributed by atoms with Crippen LogP contribution in [0.25, 0.3) is 0 Å². The van der Waals surface area contributed by atoms with Crippen molar-refractivity contribution in [1.29, 1.82) is 0 Å². The largest absolute Gasteiger partial charge is 0.465 e. The third-order valence-corrected chi connectivity index (χ3v) is 3.85. The summed E-state index contributed by atoms with van der Waals surface area (Å²) in [7, 11) is 0. The Labute approximate surface area is 133 Å². The number of H-pyrrole nitrogens is 1. The number of nitrogens with one attached hydrogen (secondary N) is 2. The van der Waals surface area contributed by atoms with Crippen LogP contribution in [0.15, 0.2) is 0 Å². The van der Waals surface area contributed by atoms with Gasteiger partial charge in [0, 0.05) is 23.7 Å². The van der Waals surface area contributed by atoms with Crippen LogP contribution in [0.4, 0.5) is 4.79 Å². The molecule has 23 heavy (non-hydrogen) atoms. The van der Waals surface area contributed by atoms with Gasteiger partial charge in [0.2, 0.25) is 0 Å². The number of carbonyl (C=O) groups is 2. The zero-order chi connectivity index (χ0) is 17.2. The third kappa shape index (κ3) is 3.80. The maximum absolute atomic E-state index is 12.2. The molecule has 0 spiro atoms. The Hall–Kier alpha value is -2.13. The number of aliphatic hydroxyl groups is 1. The van der Waals surface area contributed by atoms with Gasteiger partial charge in [0.25, 0.3) is 5.91 Å². The maximum atomic E-state index is 12.2. The monoisotopic (exact) mass is 326 g/mol. The molecule has 0 unspecified atom stereocenters. The smallest absolute Gasteiger partial charge is 0.407 e. The number of hydrogen-bond acceptors (Lipinski definition) is 5. The molecule has 0 saturated heterocycles. The second-order valence-corrected chi connectivity index (χ2v) is 6.21. The highest BCUT2D eigenvalue weighted by Gasteiger charge is 2.32. The molecule has 2 rings (SSSR count). The average molecular weight is 326 g/mol. The topological polar surface area (TPSA) is 128 Å². The summed E-state index contributed by atoms with van der Waals surface area (Å²) >= 11 is 0. The van der Waals surface area contributed by atoms with E-state index >= 15 is 0 Å². The van der Waals surface area contributed by atoms with Crippen LogP contribution in [0.5, 0.6) is 0 Å². The zero-order valence-electron chi connectivity index (χ0n) is 13.4. The van der Waals surface area contributed by atoms with E-state index in [9.17, 15) is 14.7 Å². The second-order valence-electron chi connectivity index (χ2n) is 6.21. The van der Waals surface area contributed by atoms with Crippen LogP contribution in [0.3, 0.4) is 0 Å². The molecule has 0 aliphatic carbocycles. The van der Waals surface area contributed by atoms with Gasteiger partial charge in [0.05, 0.1) is 18.8 Å². The molecule has 0 saturated carbocycles. The quantitative estimate of drug-likeness (QED) is 0.577. The lowest BCUT2D eigenvalue weighted by Crippen LogP contribution is -2.42. The first-order chi connectivity index (χ1) is 10.7. The van der Waals surface area contributed by atoms with E-state index in [-0.39, 0.29) is 31.6 Å². The normalized spacial score (nSPS) is 17.7. The molecular weight excluding hydrogens is 304 g/mol. The first-order valence-corrected chi connectivity index (χ1v) is 7.34. The molecule has 0 fully saturated rings. The summed E-state index contributed by atoms with van der Waals surface area (Å²) < 4.78 is 5.34. The van der Waals surface area contributed by atoms with E-state index < -0.39 is 17.6 Å². The van der Waals surface area contributed by atoms with E-state index in [0.717, 1.165) is 5.69 Å². The van der Waals surface area contributed by atoms with Crippen LogP contribution in [0, 0.1) is 0 Å². The number of rotatable bonds is 5. The van der Waals surface area contributed by atoms with Gasteiger partial charge in [-0.05, 0) is 20.8 Å². The number of amides is 2. The van der Waals surface area contributed by atoms with Gasteiger partial charge in [-0.15, -0.1) is 0 Å². The van der Waals surface area contributed by atoms with Crippen molar-refractivity contribution >= 4 is 12.0 Å². The molecule has 1 aliphatic rings. The van der Waals surface area contributed by atoms with Crippen LogP contribution in [0.2, 0.25) is 0 Å². The highest BCUT2D eigenvalue weighted by molar-refractivity contribution is 5.94. The van der Waals surface area contributed by atoms with Crippen molar-refractivity contribution in [3.8, 4) is 0 Å². The SMILES string of the molecule is C[C@@H]1Cc2[nH]nc(C(=O)NCOC(C)(C)CO)c2CN1C(=O)O. The lowest BCUT2D eigenvalue weighted by Gasteiger charge is -2.30. The fourth-order valence-electron chi connectivity index (χ4n) is 2.34. The van der Waals surface area contributed by atoms with Gasteiger partial charge in [-0.2, -0.15) is 5.10 Å². The minimum atomic E-state index is -1.02. The van der Waals surface area contributed by atoms with Crippen LogP contribution in [0.1, 0.15) is 42.5 Å². The number of hydrogen-bond donors (Lipinski definition) is 4. The number of ether oxygens (including phenoxy) is 1. The van der Waals surface area contributed by atoms with Crippen molar-refractivity contribution in [3.05, 3.63) is 17.0 Å². The second kappa shape index (κ2) is 6.55. The minimum absolute atomic E-state index is 0.0763. The van der Waals surface area contributed by atoms with Gasteiger partial charge in [-0.25, -0.2) is 4.79 Å². The van der Waals surface area contributed by atoms with Gasteiger partial charge in [0.1, 0.15) is 6.73 Å². The molecule has 2 amide bonds. The maximum Gasteiger partial charge on any atom is 0.407 e. The van der Waals surface area contributed by atoms with Crippen molar-refractivity contribution in [1.82, 2.24) is 20.4 Å². The van der Waals surface area contributed by atoms with E-state index in [0.29, 0.717) is 12.0 Å². The fraction of sp³-hybridized carbons (Fsp3) is 0.643. The number of aromatic nitrogens is 2. The molecule has 1 aliphatic heterocycles. The standard InChI is InChI=1S/C14H22N4O5/c1-8-4-10-9(5-18(8)13(21)22)11(17-16-10)12(20)15-7-23-14(2,3)6-19/h8,19H,4-7H2,1-3H3,(H,15,20)(H,16,17)(H,21,22)/t8-/m1/s1. The lowest BCUT2D eigenvalue weighted by molar-refractivity contribution is -0.0584. The highest BCUT2D eigenvalue weighted by Crippen LogP contribution is 2.24. The number of fused-ring (bicyclic) bond motifs is 1. The molecule has 0 radical (unpaired) electrons. The molecule has 9 heteroatoms. The van der Waals surface area contributed by atoms with Gasteiger partial charge in [0.15, 0.2) is 5.69 Å². The zero-order valence-corrected chi connectivity index (χ0v) is 13.4. The van der Waals surface area contributed by atoms with Gasteiger partial charge in [-0.3, -0.25) is 9.89 Å². The summed E-state index contributed by atoms with van der Waals surface area (Å²) in [6.45, 7) is 5.07. The number of nitrogens with zero attached hydrogens (tertiary/aromatic N) is 2. The van der Waals surface area contributed by atoms with Gasteiger partial charge in [-0.1, -0.05) is 0 Å². The highest BCUT2D eigenvalue weighted by atomic mass is 16.5. The van der Waals surface area contributed by atoms with Crippen molar-refractivity contribution in [2.75, 3.05) is 13.3 Å². The number of aromatic amines is 1. The van der Waals surface area contributed by atoms with E-state index in [1.54, 1.807) is 13.8 Å². The molecule has 0 aromatic carbocycles. The number of aliphatic hydroxyl groups excluding tert-OH is 1. The lowest BCUT2D eigenvalue weighted by atomic mass is 10.00. The summed E-state index contributed by atoms with van der Waals surface area (Å²) in [4.78, 5) is 24.7. The predicted octanol–water partition coefficient (Wildman–Crippen LogP) is 0.309.